The number of nitrogens with two attached hydrogens (primary N) is 1. The normalized spacial score (nSPS) is 25.1. The molecular formula is C17H23N3O. The van der Waals surface area contributed by atoms with Crippen molar-refractivity contribution in [3.8, 4) is 6.07 Å². The number of carbonyl (C=O) groups excluding carboxylic acids is 1. The second kappa shape index (κ2) is 6.28. The SMILES string of the molecule is CC1CCCC(N)(C(=O)N(C)Cc2ccc(C#N)cc2)C1. The molecule has 1 saturated carbocycles. The van der Waals surface area contributed by atoms with E-state index in [1.807, 2.05) is 12.1 Å². The van der Waals surface area contributed by atoms with Gasteiger partial charge in [-0.1, -0.05) is 31.9 Å². The molecule has 1 aliphatic carbocycles. The Labute approximate surface area is 126 Å². The van der Waals surface area contributed by atoms with E-state index in [-0.39, 0.29) is 5.91 Å². The second-order valence-electron chi connectivity index (χ2n) is 6.33. The van der Waals surface area contributed by atoms with Gasteiger partial charge >= 0.3 is 0 Å². The molecule has 112 valence electrons. The monoisotopic (exact) mass is 285 g/mol. The van der Waals surface area contributed by atoms with Crippen LogP contribution >= 0.6 is 0 Å². The average Bonchev–Trinajstić information content (AvgIpc) is 2.47. The van der Waals surface area contributed by atoms with Gasteiger partial charge in [0, 0.05) is 13.6 Å². The van der Waals surface area contributed by atoms with Gasteiger partial charge < -0.3 is 10.6 Å². The molecule has 0 bridgehead atoms. The third kappa shape index (κ3) is 3.62. The van der Waals surface area contributed by atoms with Gasteiger partial charge in [-0.15, -0.1) is 0 Å². The van der Waals surface area contributed by atoms with Crippen molar-refractivity contribution >= 4 is 5.91 Å². The van der Waals surface area contributed by atoms with Crippen molar-refractivity contribution in [3.05, 3.63) is 35.4 Å². The minimum Gasteiger partial charge on any atom is -0.340 e. The van der Waals surface area contributed by atoms with E-state index in [1.165, 1.54) is 0 Å². The number of benzene rings is 1. The van der Waals surface area contributed by atoms with Crippen LogP contribution in [-0.4, -0.2) is 23.4 Å². The minimum atomic E-state index is -0.709. The number of amides is 1. The van der Waals surface area contributed by atoms with Crippen LogP contribution in [0.2, 0.25) is 0 Å². The first-order chi connectivity index (χ1) is 9.94. The zero-order valence-corrected chi connectivity index (χ0v) is 12.8. The Morgan fingerprint density at radius 3 is 2.71 bits per heavy atom. The summed E-state index contributed by atoms with van der Waals surface area (Å²) in [5, 5.41) is 8.80. The van der Waals surface area contributed by atoms with Gasteiger partial charge in [0.05, 0.1) is 17.2 Å². The van der Waals surface area contributed by atoms with Crippen molar-refractivity contribution < 1.29 is 4.79 Å². The van der Waals surface area contributed by atoms with E-state index < -0.39 is 5.54 Å². The number of hydrogen-bond acceptors (Lipinski definition) is 3. The highest BCUT2D eigenvalue weighted by molar-refractivity contribution is 5.86. The summed E-state index contributed by atoms with van der Waals surface area (Å²) in [6, 6.07) is 9.40. The largest absolute Gasteiger partial charge is 0.340 e. The maximum Gasteiger partial charge on any atom is 0.242 e. The number of nitriles is 1. The van der Waals surface area contributed by atoms with Crippen LogP contribution in [-0.2, 0) is 11.3 Å². The van der Waals surface area contributed by atoms with E-state index in [2.05, 4.69) is 13.0 Å². The van der Waals surface area contributed by atoms with E-state index in [4.69, 9.17) is 11.0 Å². The van der Waals surface area contributed by atoms with Crippen molar-refractivity contribution in [3.63, 3.8) is 0 Å². The van der Waals surface area contributed by atoms with E-state index in [9.17, 15) is 4.79 Å². The van der Waals surface area contributed by atoms with Crippen LogP contribution in [0.15, 0.2) is 24.3 Å². The number of carbonyl (C=O) groups is 1. The lowest BCUT2D eigenvalue weighted by Gasteiger charge is -2.38. The molecule has 0 saturated heterocycles. The van der Waals surface area contributed by atoms with Gasteiger partial charge in [-0.3, -0.25) is 4.79 Å². The van der Waals surface area contributed by atoms with Crippen molar-refractivity contribution in [1.82, 2.24) is 4.90 Å². The molecule has 1 aliphatic rings. The van der Waals surface area contributed by atoms with E-state index >= 15 is 0 Å². The predicted molar refractivity (Wildman–Crippen MR) is 82.2 cm³/mol. The molecule has 1 fully saturated rings. The topological polar surface area (TPSA) is 70.1 Å². The Hall–Kier alpha value is -1.86. The fraction of sp³-hybridized carbons (Fsp3) is 0.529. The average molecular weight is 285 g/mol. The Bertz CT molecular complexity index is 546. The van der Waals surface area contributed by atoms with Crippen LogP contribution in [0.3, 0.4) is 0 Å². The summed E-state index contributed by atoms with van der Waals surface area (Å²) in [6.07, 6.45) is 3.72. The molecule has 2 atom stereocenters. The third-order valence-corrected chi connectivity index (χ3v) is 4.31. The summed E-state index contributed by atoms with van der Waals surface area (Å²) in [4.78, 5) is 14.3. The molecule has 0 spiro atoms. The summed E-state index contributed by atoms with van der Waals surface area (Å²) >= 11 is 0. The molecule has 0 radical (unpaired) electrons. The van der Waals surface area contributed by atoms with Gasteiger partial charge in [-0.25, -0.2) is 0 Å². The van der Waals surface area contributed by atoms with Gasteiger partial charge in [0.2, 0.25) is 5.91 Å². The molecule has 1 aromatic carbocycles. The highest BCUT2D eigenvalue weighted by Crippen LogP contribution is 2.31. The lowest BCUT2D eigenvalue weighted by atomic mass is 9.76. The lowest BCUT2D eigenvalue weighted by Crippen LogP contribution is -2.56. The fourth-order valence-corrected chi connectivity index (χ4v) is 3.20. The standard InChI is InChI=1S/C17H23N3O/c1-13-4-3-9-17(19,10-13)16(21)20(2)12-15-7-5-14(11-18)6-8-15/h5-8,13H,3-4,9-10,12,19H2,1-2H3. The van der Waals surface area contributed by atoms with E-state index in [1.54, 1.807) is 24.1 Å². The highest BCUT2D eigenvalue weighted by atomic mass is 16.2. The predicted octanol–water partition coefficient (Wildman–Crippen LogP) is 2.42. The van der Waals surface area contributed by atoms with E-state index in [0.29, 0.717) is 18.0 Å². The Kier molecular flexibility index (Phi) is 4.64. The van der Waals surface area contributed by atoms with Crippen molar-refractivity contribution in [1.29, 1.82) is 5.26 Å². The van der Waals surface area contributed by atoms with Crippen LogP contribution in [0.5, 0.6) is 0 Å². The maximum atomic E-state index is 12.6. The zero-order valence-electron chi connectivity index (χ0n) is 12.8. The molecule has 1 aromatic rings. The number of rotatable bonds is 3. The van der Waals surface area contributed by atoms with Gasteiger partial charge in [-0.2, -0.15) is 5.26 Å². The maximum absolute atomic E-state index is 12.6. The van der Waals surface area contributed by atoms with Crippen LogP contribution in [0, 0.1) is 17.2 Å². The first-order valence-electron chi connectivity index (χ1n) is 7.48. The van der Waals surface area contributed by atoms with Crippen LogP contribution in [0.4, 0.5) is 0 Å². The Morgan fingerprint density at radius 2 is 2.14 bits per heavy atom. The van der Waals surface area contributed by atoms with Crippen LogP contribution in [0.1, 0.15) is 43.7 Å². The number of hydrogen-bond donors (Lipinski definition) is 1. The summed E-state index contributed by atoms with van der Waals surface area (Å²) in [5.74, 6) is 0.537. The smallest absolute Gasteiger partial charge is 0.242 e. The summed E-state index contributed by atoms with van der Waals surface area (Å²) in [6.45, 7) is 2.69. The quantitative estimate of drug-likeness (QED) is 0.927. The lowest BCUT2D eigenvalue weighted by molar-refractivity contribution is -0.138. The van der Waals surface area contributed by atoms with Crippen molar-refractivity contribution in [2.45, 2.75) is 44.7 Å². The van der Waals surface area contributed by atoms with Crippen LogP contribution < -0.4 is 5.73 Å². The molecule has 1 amide bonds. The fourth-order valence-electron chi connectivity index (χ4n) is 3.20. The van der Waals surface area contributed by atoms with Gasteiger partial charge in [0.15, 0.2) is 0 Å². The number of nitrogens with zero attached hydrogens (tertiary/aromatic N) is 2. The molecule has 4 nitrogen and oxygen atoms in total. The molecule has 2 unspecified atom stereocenters. The molecule has 0 aliphatic heterocycles. The molecule has 2 rings (SSSR count). The van der Waals surface area contributed by atoms with Gasteiger partial charge in [0.25, 0.3) is 0 Å². The van der Waals surface area contributed by atoms with Crippen molar-refractivity contribution in [2.75, 3.05) is 7.05 Å². The summed E-state index contributed by atoms with van der Waals surface area (Å²) < 4.78 is 0. The Balaban J connectivity index is 2.03. The highest BCUT2D eigenvalue weighted by Gasteiger charge is 2.39. The molecule has 2 N–H and O–H groups in total. The molecule has 0 aromatic heterocycles. The minimum absolute atomic E-state index is 0.0263. The number of likely N-dealkylation sites (N-methyl/N-ethyl adjacent to an activating group) is 1. The first-order valence-corrected chi connectivity index (χ1v) is 7.48. The van der Waals surface area contributed by atoms with Crippen LogP contribution in [0.25, 0.3) is 0 Å². The molecule has 21 heavy (non-hydrogen) atoms. The molecule has 4 heteroatoms. The van der Waals surface area contributed by atoms with Gasteiger partial charge in [0.1, 0.15) is 0 Å². The molecule has 0 heterocycles. The summed E-state index contributed by atoms with van der Waals surface area (Å²) in [5.41, 5.74) is 7.29. The Morgan fingerprint density at radius 1 is 1.48 bits per heavy atom. The first kappa shape index (κ1) is 15.5. The third-order valence-electron chi connectivity index (χ3n) is 4.31. The summed E-state index contributed by atoms with van der Waals surface area (Å²) in [7, 11) is 1.80. The second-order valence-corrected chi connectivity index (χ2v) is 6.33. The molecular weight excluding hydrogens is 262 g/mol. The van der Waals surface area contributed by atoms with Crippen molar-refractivity contribution in [2.24, 2.45) is 11.7 Å². The zero-order chi connectivity index (χ0) is 15.5. The van der Waals surface area contributed by atoms with E-state index in [0.717, 1.165) is 31.2 Å². The van der Waals surface area contributed by atoms with Gasteiger partial charge in [-0.05, 0) is 36.5 Å².